The lowest BCUT2D eigenvalue weighted by atomic mass is 10.0. The van der Waals surface area contributed by atoms with Crippen molar-refractivity contribution >= 4 is 0 Å². The Morgan fingerprint density at radius 1 is 1.50 bits per heavy atom. The molecule has 1 aliphatic heterocycles. The number of aromatic nitrogens is 2. The Morgan fingerprint density at radius 3 is 3.07 bits per heavy atom. The third-order valence-corrected chi connectivity index (χ3v) is 2.68. The van der Waals surface area contributed by atoms with Crippen molar-refractivity contribution in [2.45, 2.75) is 38.4 Å². The highest BCUT2D eigenvalue weighted by atomic mass is 19.1. The molecule has 1 unspecified atom stereocenters. The Kier molecular flexibility index (Phi) is 3.14. The van der Waals surface area contributed by atoms with Crippen LogP contribution in [0, 0.1) is 0 Å². The van der Waals surface area contributed by atoms with Gasteiger partial charge in [0.15, 0.2) is 0 Å². The summed E-state index contributed by atoms with van der Waals surface area (Å²) in [6.45, 7) is 0.645. The van der Waals surface area contributed by atoms with Gasteiger partial charge in [0.05, 0.1) is 11.9 Å². The number of aromatic amines is 1. The number of halogens is 1. The predicted molar refractivity (Wildman–Crippen MR) is 52.7 cm³/mol. The number of piperidine rings is 1. The van der Waals surface area contributed by atoms with Crippen molar-refractivity contribution in [2.75, 3.05) is 6.54 Å². The van der Waals surface area contributed by atoms with Crippen LogP contribution in [0.3, 0.4) is 0 Å². The standard InChI is InChI=1S/C10H16FN3/c11-6-9-7-13-10(14-9)5-8-3-1-2-4-12-8/h7-8,12H,1-6H2,(H,13,14). The maximum absolute atomic E-state index is 12.2. The molecule has 0 bridgehead atoms. The lowest BCUT2D eigenvalue weighted by Crippen LogP contribution is -2.35. The number of hydrogen-bond acceptors (Lipinski definition) is 2. The highest BCUT2D eigenvalue weighted by Gasteiger charge is 2.14. The fourth-order valence-corrected chi connectivity index (χ4v) is 1.91. The van der Waals surface area contributed by atoms with Gasteiger partial charge in [0, 0.05) is 12.5 Å². The minimum absolute atomic E-state index is 0.453. The van der Waals surface area contributed by atoms with Crippen LogP contribution in [-0.4, -0.2) is 22.6 Å². The molecule has 4 heteroatoms. The van der Waals surface area contributed by atoms with Gasteiger partial charge in [0.2, 0.25) is 0 Å². The number of imidazole rings is 1. The summed E-state index contributed by atoms with van der Waals surface area (Å²) in [7, 11) is 0. The second-order valence-electron chi connectivity index (χ2n) is 3.84. The van der Waals surface area contributed by atoms with Crippen LogP contribution in [0.15, 0.2) is 6.20 Å². The highest BCUT2D eigenvalue weighted by Crippen LogP contribution is 2.11. The number of H-pyrrole nitrogens is 1. The fraction of sp³-hybridized carbons (Fsp3) is 0.700. The van der Waals surface area contributed by atoms with Crippen LogP contribution < -0.4 is 5.32 Å². The van der Waals surface area contributed by atoms with Crippen LogP contribution in [0.1, 0.15) is 30.8 Å². The molecule has 1 aromatic rings. The molecule has 1 atom stereocenters. The van der Waals surface area contributed by atoms with Gasteiger partial charge in [0.25, 0.3) is 0 Å². The Bertz CT molecular complexity index is 279. The molecule has 14 heavy (non-hydrogen) atoms. The van der Waals surface area contributed by atoms with Crippen molar-refractivity contribution in [3.63, 3.8) is 0 Å². The van der Waals surface area contributed by atoms with Crippen molar-refractivity contribution in [3.05, 3.63) is 17.7 Å². The zero-order chi connectivity index (χ0) is 9.80. The van der Waals surface area contributed by atoms with Crippen LogP contribution in [0.25, 0.3) is 0 Å². The SMILES string of the molecule is FCc1cnc(CC2CCCCN2)[nH]1. The molecule has 1 aromatic heterocycles. The largest absolute Gasteiger partial charge is 0.344 e. The third kappa shape index (κ3) is 2.32. The lowest BCUT2D eigenvalue weighted by molar-refractivity contribution is 0.394. The summed E-state index contributed by atoms with van der Waals surface area (Å²) < 4.78 is 12.2. The first kappa shape index (κ1) is 9.65. The van der Waals surface area contributed by atoms with Crippen molar-refractivity contribution in [2.24, 2.45) is 0 Å². The van der Waals surface area contributed by atoms with Crippen LogP contribution in [0.5, 0.6) is 0 Å². The van der Waals surface area contributed by atoms with Gasteiger partial charge in [-0.05, 0) is 19.4 Å². The second-order valence-corrected chi connectivity index (χ2v) is 3.84. The summed E-state index contributed by atoms with van der Waals surface area (Å²) in [5.74, 6) is 0.900. The van der Waals surface area contributed by atoms with Gasteiger partial charge >= 0.3 is 0 Å². The summed E-state index contributed by atoms with van der Waals surface area (Å²) in [5.41, 5.74) is 0.579. The van der Waals surface area contributed by atoms with E-state index in [9.17, 15) is 4.39 Å². The van der Waals surface area contributed by atoms with Gasteiger partial charge in [-0.2, -0.15) is 0 Å². The van der Waals surface area contributed by atoms with E-state index in [-0.39, 0.29) is 0 Å². The molecule has 2 heterocycles. The maximum Gasteiger partial charge on any atom is 0.131 e. The van der Waals surface area contributed by atoms with Crippen molar-refractivity contribution in [3.8, 4) is 0 Å². The Morgan fingerprint density at radius 2 is 2.43 bits per heavy atom. The molecule has 0 aliphatic carbocycles. The van der Waals surface area contributed by atoms with Gasteiger partial charge < -0.3 is 10.3 Å². The smallest absolute Gasteiger partial charge is 0.131 e. The molecule has 78 valence electrons. The normalized spacial score (nSPS) is 22.5. The summed E-state index contributed by atoms with van der Waals surface area (Å²) in [5, 5.41) is 3.44. The van der Waals surface area contributed by atoms with Crippen LogP contribution in [-0.2, 0) is 13.1 Å². The zero-order valence-electron chi connectivity index (χ0n) is 8.22. The van der Waals surface area contributed by atoms with Crippen molar-refractivity contribution in [1.29, 1.82) is 0 Å². The van der Waals surface area contributed by atoms with Gasteiger partial charge in [-0.3, -0.25) is 0 Å². The molecule has 1 saturated heterocycles. The molecule has 2 rings (SSSR count). The lowest BCUT2D eigenvalue weighted by Gasteiger charge is -2.22. The third-order valence-electron chi connectivity index (χ3n) is 2.68. The quantitative estimate of drug-likeness (QED) is 0.772. The van der Waals surface area contributed by atoms with E-state index in [0.717, 1.165) is 18.8 Å². The van der Waals surface area contributed by atoms with E-state index in [1.54, 1.807) is 6.20 Å². The highest BCUT2D eigenvalue weighted by molar-refractivity contribution is 5.01. The molecule has 0 radical (unpaired) electrons. The molecule has 0 saturated carbocycles. The molecule has 2 N–H and O–H groups in total. The van der Waals surface area contributed by atoms with E-state index in [4.69, 9.17) is 0 Å². The predicted octanol–water partition coefficient (Wildman–Crippen LogP) is 1.56. The van der Waals surface area contributed by atoms with Crippen LogP contribution in [0.2, 0.25) is 0 Å². The topological polar surface area (TPSA) is 40.7 Å². The van der Waals surface area contributed by atoms with E-state index in [1.165, 1.54) is 19.3 Å². The van der Waals surface area contributed by atoms with Gasteiger partial charge in [-0.1, -0.05) is 6.42 Å². The van der Waals surface area contributed by atoms with E-state index in [0.29, 0.717) is 11.7 Å². The summed E-state index contributed by atoms with van der Waals surface area (Å²) in [6, 6.07) is 0.516. The average Bonchev–Trinajstić information content (AvgIpc) is 2.67. The molecule has 3 nitrogen and oxygen atoms in total. The van der Waals surface area contributed by atoms with Gasteiger partial charge in [0.1, 0.15) is 12.5 Å². The number of nitrogens with zero attached hydrogens (tertiary/aromatic N) is 1. The molecular weight excluding hydrogens is 181 g/mol. The zero-order valence-corrected chi connectivity index (χ0v) is 8.22. The van der Waals surface area contributed by atoms with Gasteiger partial charge in [-0.25, -0.2) is 9.37 Å². The Hall–Kier alpha value is -0.900. The molecule has 0 amide bonds. The maximum atomic E-state index is 12.2. The van der Waals surface area contributed by atoms with E-state index >= 15 is 0 Å². The Labute approximate surface area is 83.1 Å². The number of rotatable bonds is 3. The minimum atomic E-state index is -0.453. The van der Waals surface area contributed by atoms with Gasteiger partial charge in [-0.15, -0.1) is 0 Å². The van der Waals surface area contributed by atoms with E-state index < -0.39 is 6.67 Å². The first-order valence-electron chi connectivity index (χ1n) is 5.20. The fourth-order valence-electron chi connectivity index (χ4n) is 1.91. The molecule has 1 fully saturated rings. The molecule has 0 spiro atoms. The first-order valence-corrected chi connectivity index (χ1v) is 5.20. The van der Waals surface area contributed by atoms with Crippen LogP contribution >= 0.6 is 0 Å². The summed E-state index contributed by atoms with van der Waals surface area (Å²) in [4.78, 5) is 7.13. The summed E-state index contributed by atoms with van der Waals surface area (Å²) in [6.07, 6.45) is 6.22. The first-order chi connectivity index (χ1) is 6.88. The van der Waals surface area contributed by atoms with E-state index in [1.807, 2.05) is 0 Å². The van der Waals surface area contributed by atoms with Crippen molar-refractivity contribution < 1.29 is 4.39 Å². The number of alkyl halides is 1. The van der Waals surface area contributed by atoms with E-state index in [2.05, 4.69) is 15.3 Å². The van der Waals surface area contributed by atoms with Crippen molar-refractivity contribution in [1.82, 2.24) is 15.3 Å². The summed E-state index contributed by atoms with van der Waals surface area (Å²) >= 11 is 0. The number of nitrogens with one attached hydrogen (secondary N) is 2. The second kappa shape index (κ2) is 4.55. The molecule has 0 aromatic carbocycles. The number of hydrogen-bond donors (Lipinski definition) is 2. The molecule has 1 aliphatic rings. The monoisotopic (exact) mass is 197 g/mol. The molecular formula is C10H16FN3. The Balaban J connectivity index is 1.89. The average molecular weight is 197 g/mol. The minimum Gasteiger partial charge on any atom is -0.344 e. The van der Waals surface area contributed by atoms with Crippen LogP contribution in [0.4, 0.5) is 4.39 Å².